The first kappa shape index (κ1) is 12.9. The minimum absolute atomic E-state index is 0.206. The van der Waals surface area contributed by atoms with Crippen molar-refractivity contribution >= 4 is 0 Å². The van der Waals surface area contributed by atoms with Gasteiger partial charge in [-0.05, 0) is 37.8 Å². The maximum Gasteiger partial charge on any atom is 0.127 e. The molecule has 2 nitrogen and oxygen atoms in total. The molecule has 0 radical (unpaired) electrons. The van der Waals surface area contributed by atoms with Gasteiger partial charge in [0, 0.05) is 24.1 Å². The van der Waals surface area contributed by atoms with Crippen molar-refractivity contribution in [3.05, 3.63) is 29.6 Å². The summed E-state index contributed by atoms with van der Waals surface area (Å²) in [6.45, 7) is 3.17. The maximum atomic E-state index is 13.4. The van der Waals surface area contributed by atoms with Gasteiger partial charge in [-0.25, -0.2) is 4.39 Å². The van der Waals surface area contributed by atoms with Crippen molar-refractivity contribution in [3.63, 3.8) is 0 Å². The molecule has 0 spiro atoms. The molecular weight excluding hydrogens is 241 g/mol. The number of nitrogens with one attached hydrogen (secondary N) is 1. The van der Waals surface area contributed by atoms with Gasteiger partial charge in [-0.1, -0.05) is 19.4 Å². The zero-order valence-electron chi connectivity index (χ0n) is 11.5. The highest BCUT2D eigenvalue weighted by Crippen LogP contribution is 2.42. The Kier molecular flexibility index (Phi) is 3.74. The van der Waals surface area contributed by atoms with Gasteiger partial charge in [-0.3, -0.25) is 0 Å². The van der Waals surface area contributed by atoms with E-state index in [0.717, 1.165) is 30.7 Å². The zero-order chi connectivity index (χ0) is 13.2. The first-order valence-corrected chi connectivity index (χ1v) is 7.47. The summed E-state index contributed by atoms with van der Waals surface area (Å²) in [7, 11) is 0. The van der Waals surface area contributed by atoms with Gasteiger partial charge < -0.3 is 10.1 Å². The average Bonchev–Trinajstić information content (AvgIpc) is 2.33. The molecule has 104 valence electrons. The van der Waals surface area contributed by atoms with E-state index in [-0.39, 0.29) is 11.9 Å². The Labute approximate surface area is 114 Å². The molecular formula is C16H22FNO. The van der Waals surface area contributed by atoms with Crippen LogP contribution in [0.25, 0.3) is 0 Å². The molecule has 0 aromatic heterocycles. The topological polar surface area (TPSA) is 21.3 Å². The number of fused-ring (bicyclic) bond motifs is 1. The van der Waals surface area contributed by atoms with Gasteiger partial charge >= 0.3 is 0 Å². The van der Waals surface area contributed by atoms with Crippen LogP contribution in [0.2, 0.25) is 0 Å². The lowest BCUT2D eigenvalue weighted by Gasteiger charge is -2.40. The number of ether oxygens (including phenoxy) is 1. The molecule has 3 rings (SSSR count). The van der Waals surface area contributed by atoms with E-state index in [1.54, 1.807) is 6.07 Å². The molecule has 1 aliphatic carbocycles. The van der Waals surface area contributed by atoms with Crippen molar-refractivity contribution in [3.8, 4) is 5.75 Å². The van der Waals surface area contributed by atoms with E-state index in [1.165, 1.54) is 25.3 Å². The van der Waals surface area contributed by atoms with Crippen molar-refractivity contribution in [2.45, 2.75) is 51.2 Å². The van der Waals surface area contributed by atoms with Gasteiger partial charge in [0.15, 0.2) is 0 Å². The lowest BCUT2D eigenvalue weighted by molar-refractivity contribution is 0.0528. The molecule has 1 aromatic carbocycles. The Hall–Kier alpha value is -1.09. The largest absolute Gasteiger partial charge is 0.490 e. The molecule has 1 saturated carbocycles. The molecule has 2 aliphatic rings. The predicted molar refractivity (Wildman–Crippen MR) is 73.8 cm³/mol. The van der Waals surface area contributed by atoms with Crippen LogP contribution in [0.15, 0.2) is 18.2 Å². The van der Waals surface area contributed by atoms with Crippen molar-refractivity contribution in [1.29, 1.82) is 0 Å². The second kappa shape index (κ2) is 5.49. The van der Waals surface area contributed by atoms with Crippen LogP contribution in [-0.4, -0.2) is 12.6 Å². The molecule has 0 saturated heterocycles. The number of halogens is 1. The lowest BCUT2D eigenvalue weighted by atomic mass is 9.77. The quantitative estimate of drug-likeness (QED) is 0.891. The van der Waals surface area contributed by atoms with Crippen molar-refractivity contribution < 1.29 is 9.13 Å². The van der Waals surface area contributed by atoms with Gasteiger partial charge in [-0.2, -0.15) is 0 Å². The molecule has 1 heterocycles. The molecule has 19 heavy (non-hydrogen) atoms. The average molecular weight is 263 g/mol. The van der Waals surface area contributed by atoms with Crippen LogP contribution in [0.1, 0.15) is 50.6 Å². The molecule has 0 bridgehead atoms. The fourth-order valence-corrected chi connectivity index (χ4v) is 3.08. The minimum atomic E-state index is -0.206. The number of benzene rings is 1. The molecule has 1 aromatic rings. The van der Waals surface area contributed by atoms with E-state index < -0.39 is 0 Å². The lowest BCUT2D eigenvalue weighted by Crippen LogP contribution is -2.40. The number of hydrogen-bond donors (Lipinski definition) is 1. The monoisotopic (exact) mass is 263 g/mol. The molecule has 2 atom stereocenters. The van der Waals surface area contributed by atoms with E-state index >= 15 is 0 Å². The molecule has 0 amide bonds. The minimum Gasteiger partial charge on any atom is -0.490 e. The van der Waals surface area contributed by atoms with Gasteiger partial charge in [0.05, 0.1) is 0 Å². The van der Waals surface area contributed by atoms with Gasteiger partial charge in [-0.15, -0.1) is 0 Å². The van der Waals surface area contributed by atoms with Crippen LogP contribution in [0, 0.1) is 11.7 Å². The first-order chi connectivity index (χ1) is 9.28. The Morgan fingerprint density at radius 3 is 2.89 bits per heavy atom. The standard InChI is InChI=1S/C16H22FNO/c1-2-8-18-14-10-15(11-4-3-5-11)19-16-9-12(17)6-7-13(14)16/h6-7,9,11,14-15,18H,2-5,8,10H2,1H3. The summed E-state index contributed by atoms with van der Waals surface area (Å²) < 4.78 is 19.4. The van der Waals surface area contributed by atoms with Gasteiger partial charge in [0.25, 0.3) is 0 Å². The van der Waals surface area contributed by atoms with Crippen LogP contribution in [-0.2, 0) is 0 Å². The molecule has 3 heteroatoms. The first-order valence-electron chi connectivity index (χ1n) is 7.47. The number of hydrogen-bond acceptors (Lipinski definition) is 2. The summed E-state index contributed by atoms with van der Waals surface area (Å²) in [5.41, 5.74) is 1.12. The van der Waals surface area contributed by atoms with Crippen LogP contribution in [0.3, 0.4) is 0 Å². The Morgan fingerprint density at radius 2 is 2.21 bits per heavy atom. The fraction of sp³-hybridized carbons (Fsp3) is 0.625. The van der Waals surface area contributed by atoms with E-state index in [9.17, 15) is 4.39 Å². The Morgan fingerprint density at radius 1 is 1.37 bits per heavy atom. The van der Waals surface area contributed by atoms with Crippen LogP contribution in [0.5, 0.6) is 5.75 Å². The molecule has 2 unspecified atom stereocenters. The normalized spacial score (nSPS) is 26.4. The zero-order valence-corrected chi connectivity index (χ0v) is 11.5. The molecule has 1 aliphatic heterocycles. The van der Waals surface area contributed by atoms with Crippen molar-refractivity contribution in [2.24, 2.45) is 5.92 Å². The third kappa shape index (κ3) is 2.62. The van der Waals surface area contributed by atoms with Crippen molar-refractivity contribution in [1.82, 2.24) is 5.32 Å². The van der Waals surface area contributed by atoms with Crippen LogP contribution >= 0.6 is 0 Å². The summed E-state index contributed by atoms with van der Waals surface area (Å²) in [4.78, 5) is 0. The van der Waals surface area contributed by atoms with E-state index in [4.69, 9.17) is 4.74 Å². The smallest absolute Gasteiger partial charge is 0.127 e. The maximum absolute atomic E-state index is 13.4. The highest BCUT2D eigenvalue weighted by atomic mass is 19.1. The summed E-state index contributed by atoms with van der Waals surface area (Å²) in [5.74, 6) is 1.21. The molecule has 1 fully saturated rings. The Bertz CT molecular complexity index is 444. The Balaban J connectivity index is 1.82. The second-order valence-electron chi connectivity index (χ2n) is 5.77. The van der Waals surface area contributed by atoms with E-state index in [0.29, 0.717) is 12.0 Å². The van der Waals surface area contributed by atoms with Crippen LogP contribution in [0.4, 0.5) is 4.39 Å². The summed E-state index contributed by atoms with van der Waals surface area (Å²) in [5, 5.41) is 3.58. The third-order valence-corrected chi connectivity index (χ3v) is 4.41. The fourth-order valence-electron chi connectivity index (χ4n) is 3.08. The highest BCUT2D eigenvalue weighted by Gasteiger charge is 2.35. The van der Waals surface area contributed by atoms with Gasteiger partial charge in [0.1, 0.15) is 17.7 Å². The summed E-state index contributed by atoms with van der Waals surface area (Å²) in [6.07, 6.45) is 6.22. The van der Waals surface area contributed by atoms with E-state index in [1.807, 2.05) is 6.07 Å². The molecule has 1 N–H and O–H groups in total. The van der Waals surface area contributed by atoms with E-state index in [2.05, 4.69) is 12.2 Å². The summed E-state index contributed by atoms with van der Waals surface area (Å²) in [6, 6.07) is 5.26. The van der Waals surface area contributed by atoms with Gasteiger partial charge in [0.2, 0.25) is 0 Å². The summed E-state index contributed by atoms with van der Waals surface area (Å²) >= 11 is 0. The van der Waals surface area contributed by atoms with Crippen LogP contribution < -0.4 is 10.1 Å². The SMILES string of the molecule is CCCNC1CC(C2CCC2)Oc2cc(F)ccc21. The highest BCUT2D eigenvalue weighted by molar-refractivity contribution is 5.38. The second-order valence-corrected chi connectivity index (χ2v) is 5.77. The number of rotatable bonds is 4. The predicted octanol–water partition coefficient (Wildman–Crippen LogP) is 3.82. The third-order valence-electron chi connectivity index (χ3n) is 4.41. The van der Waals surface area contributed by atoms with Crippen molar-refractivity contribution in [2.75, 3.05) is 6.54 Å².